The third-order valence-electron chi connectivity index (χ3n) is 5.37. The zero-order valence-electron chi connectivity index (χ0n) is 16.9. The minimum Gasteiger partial charge on any atom is -0.332 e. The van der Waals surface area contributed by atoms with Gasteiger partial charge in [0, 0.05) is 29.4 Å². The van der Waals surface area contributed by atoms with Crippen molar-refractivity contribution in [3.63, 3.8) is 0 Å². The summed E-state index contributed by atoms with van der Waals surface area (Å²) in [4.78, 5) is 39.4. The Kier molecular flexibility index (Phi) is 5.19. The molecular formula is C25H22N2O3. The second-order valence-electron chi connectivity index (χ2n) is 7.36. The van der Waals surface area contributed by atoms with Crippen LogP contribution >= 0.6 is 0 Å². The van der Waals surface area contributed by atoms with Crippen LogP contribution in [0.4, 0.5) is 5.69 Å². The fourth-order valence-corrected chi connectivity index (χ4v) is 3.81. The van der Waals surface area contributed by atoms with E-state index >= 15 is 0 Å². The normalized spacial score (nSPS) is 11.6. The quantitative estimate of drug-likeness (QED) is 0.549. The largest absolute Gasteiger partial charge is 0.332 e. The van der Waals surface area contributed by atoms with E-state index in [1.807, 2.05) is 49.4 Å². The van der Waals surface area contributed by atoms with Crippen molar-refractivity contribution >= 4 is 23.3 Å². The Bertz CT molecular complexity index is 1170. The van der Waals surface area contributed by atoms with Crippen LogP contribution in [0.5, 0.6) is 0 Å². The molecule has 3 aromatic carbocycles. The number of fused-ring (bicyclic) bond motifs is 3. The number of hydrogen-bond donors (Lipinski definition) is 1. The highest BCUT2D eigenvalue weighted by atomic mass is 16.2. The molecule has 0 bridgehead atoms. The number of amides is 2. The monoisotopic (exact) mass is 398 g/mol. The lowest BCUT2D eigenvalue weighted by atomic mass is 10.0. The first-order chi connectivity index (χ1) is 14.5. The summed E-state index contributed by atoms with van der Waals surface area (Å²) in [6.45, 7) is 1.94. The van der Waals surface area contributed by atoms with Crippen LogP contribution in [0.3, 0.4) is 0 Å². The maximum Gasteiger partial charge on any atom is 0.254 e. The second kappa shape index (κ2) is 7.95. The second-order valence-corrected chi connectivity index (χ2v) is 7.36. The molecular weight excluding hydrogens is 376 g/mol. The Hall–Kier alpha value is -3.73. The van der Waals surface area contributed by atoms with Crippen molar-refractivity contribution in [3.05, 3.63) is 89.0 Å². The summed E-state index contributed by atoms with van der Waals surface area (Å²) in [6.07, 6.45) is 0.802. The molecule has 4 rings (SSSR count). The topological polar surface area (TPSA) is 66.5 Å². The van der Waals surface area contributed by atoms with Crippen LogP contribution in [0.1, 0.15) is 38.8 Å². The number of likely N-dealkylation sites (N-methyl/N-ethyl adjacent to an activating group) is 1. The number of benzene rings is 3. The maximum absolute atomic E-state index is 12.9. The molecule has 0 atom stereocenters. The van der Waals surface area contributed by atoms with Crippen LogP contribution in [0, 0.1) is 0 Å². The standard InChI is InChI=1S/C25H22N2O3/c1-3-16-8-4-7-11-22(16)26-23(28)15-27(2)25(30)17-12-13-19-18-9-5-6-10-20(18)24(29)21(19)14-17/h4-14H,3,15H2,1-2H3,(H,26,28). The predicted octanol–water partition coefficient (Wildman–Crippen LogP) is 4.17. The number of carbonyl (C=O) groups excluding carboxylic acids is 3. The summed E-state index contributed by atoms with van der Waals surface area (Å²) >= 11 is 0. The van der Waals surface area contributed by atoms with E-state index in [2.05, 4.69) is 5.32 Å². The number of anilines is 1. The molecule has 0 fully saturated rings. The molecule has 0 unspecified atom stereocenters. The Morgan fingerprint density at radius 1 is 0.867 bits per heavy atom. The Morgan fingerprint density at radius 2 is 1.53 bits per heavy atom. The van der Waals surface area contributed by atoms with Crippen molar-refractivity contribution in [2.24, 2.45) is 0 Å². The number of para-hydroxylation sites is 1. The summed E-state index contributed by atoms with van der Waals surface area (Å²) in [5, 5.41) is 2.87. The van der Waals surface area contributed by atoms with Crippen LogP contribution in [0.25, 0.3) is 11.1 Å². The average molecular weight is 398 g/mol. The fraction of sp³-hybridized carbons (Fsp3) is 0.160. The number of nitrogens with zero attached hydrogens (tertiary/aromatic N) is 1. The summed E-state index contributed by atoms with van der Waals surface area (Å²) < 4.78 is 0. The zero-order valence-corrected chi connectivity index (χ0v) is 16.9. The molecule has 3 aromatic rings. The fourth-order valence-electron chi connectivity index (χ4n) is 3.81. The summed E-state index contributed by atoms with van der Waals surface area (Å²) in [5.41, 5.74) is 5.08. The summed E-state index contributed by atoms with van der Waals surface area (Å²) in [6, 6.07) is 20.2. The third kappa shape index (κ3) is 3.50. The van der Waals surface area contributed by atoms with Crippen LogP contribution in [-0.2, 0) is 11.2 Å². The predicted molar refractivity (Wildman–Crippen MR) is 117 cm³/mol. The van der Waals surface area contributed by atoms with Gasteiger partial charge in [-0.2, -0.15) is 0 Å². The molecule has 0 radical (unpaired) electrons. The van der Waals surface area contributed by atoms with Gasteiger partial charge in [0.05, 0.1) is 6.54 Å². The van der Waals surface area contributed by atoms with Gasteiger partial charge in [-0.15, -0.1) is 0 Å². The van der Waals surface area contributed by atoms with Gasteiger partial charge in [0.25, 0.3) is 5.91 Å². The van der Waals surface area contributed by atoms with Crippen molar-refractivity contribution in [3.8, 4) is 11.1 Å². The Morgan fingerprint density at radius 3 is 2.30 bits per heavy atom. The van der Waals surface area contributed by atoms with Crippen molar-refractivity contribution in [2.45, 2.75) is 13.3 Å². The van der Waals surface area contributed by atoms with Gasteiger partial charge >= 0.3 is 0 Å². The van der Waals surface area contributed by atoms with Gasteiger partial charge in [-0.1, -0.05) is 55.5 Å². The van der Waals surface area contributed by atoms with E-state index in [9.17, 15) is 14.4 Å². The first-order valence-electron chi connectivity index (χ1n) is 9.91. The number of rotatable bonds is 5. The zero-order chi connectivity index (χ0) is 21.3. The maximum atomic E-state index is 12.9. The third-order valence-corrected chi connectivity index (χ3v) is 5.37. The average Bonchev–Trinajstić information content (AvgIpc) is 3.05. The molecule has 150 valence electrons. The smallest absolute Gasteiger partial charge is 0.254 e. The summed E-state index contributed by atoms with van der Waals surface area (Å²) in [5.74, 6) is -0.649. The van der Waals surface area contributed by atoms with Crippen molar-refractivity contribution in [2.75, 3.05) is 18.9 Å². The molecule has 30 heavy (non-hydrogen) atoms. The van der Waals surface area contributed by atoms with E-state index < -0.39 is 0 Å². The lowest BCUT2D eigenvalue weighted by Gasteiger charge is -2.18. The minimum absolute atomic E-state index is 0.0770. The first-order valence-corrected chi connectivity index (χ1v) is 9.91. The molecule has 5 heteroatoms. The highest BCUT2D eigenvalue weighted by molar-refractivity contribution is 6.22. The van der Waals surface area contributed by atoms with E-state index in [1.54, 1.807) is 31.3 Å². The van der Waals surface area contributed by atoms with Gasteiger partial charge in [0.2, 0.25) is 5.91 Å². The Balaban J connectivity index is 1.49. The molecule has 0 aromatic heterocycles. The van der Waals surface area contributed by atoms with Crippen molar-refractivity contribution in [1.82, 2.24) is 4.90 Å². The summed E-state index contributed by atoms with van der Waals surface area (Å²) in [7, 11) is 1.58. The van der Waals surface area contributed by atoms with E-state index in [1.165, 1.54) is 4.90 Å². The van der Waals surface area contributed by atoms with Gasteiger partial charge in [-0.05, 0) is 41.3 Å². The molecule has 1 aliphatic carbocycles. The van der Waals surface area contributed by atoms with Crippen LogP contribution in [0.2, 0.25) is 0 Å². The molecule has 0 aliphatic heterocycles. The highest BCUT2D eigenvalue weighted by Crippen LogP contribution is 2.36. The molecule has 1 aliphatic rings. The molecule has 0 heterocycles. The molecule has 0 saturated heterocycles. The van der Waals surface area contributed by atoms with Gasteiger partial charge in [-0.25, -0.2) is 0 Å². The number of ketones is 1. The van der Waals surface area contributed by atoms with Crippen LogP contribution in [-0.4, -0.2) is 36.1 Å². The number of hydrogen-bond acceptors (Lipinski definition) is 3. The van der Waals surface area contributed by atoms with Gasteiger partial charge in [0.1, 0.15) is 0 Å². The van der Waals surface area contributed by atoms with Crippen LogP contribution in [0.15, 0.2) is 66.7 Å². The lowest BCUT2D eigenvalue weighted by molar-refractivity contribution is -0.116. The Labute approximate surface area is 175 Å². The lowest BCUT2D eigenvalue weighted by Crippen LogP contribution is -2.35. The van der Waals surface area contributed by atoms with Gasteiger partial charge in [-0.3, -0.25) is 14.4 Å². The minimum atomic E-state index is -0.305. The first kappa shape index (κ1) is 19.6. The SMILES string of the molecule is CCc1ccccc1NC(=O)CN(C)C(=O)c1ccc2c(c1)C(=O)c1ccccc1-2. The molecule has 5 nitrogen and oxygen atoms in total. The van der Waals surface area contributed by atoms with E-state index in [-0.39, 0.29) is 24.1 Å². The van der Waals surface area contributed by atoms with Crippen LogP contribution < -0.4 is 5.32 Å². The van der Waals surface area contributed by atoms with E-state index in [0.717, 1.165) is 28.8 Å². The van der Waals surface area contributed by atoms with Gasteiger partial charge < -0.3 is 10.2 Å². The number of nitrogens with one attached hydrogen (secondary N) is 1. The highest BCUT2D eigenvalue weighted by Gasteiger charge is 2.27. The molecule has 2 amide bonds. The number of aryl methyl sites for hydroxylation is 1. The number of carbonyl (C=O) groups is 3. The molecule has 1 N–H and O–H groups in total. The molecule has 0 saturated carbocycles. The molecule has 0 spiro atoms. The van der Waals surface area contributed by atoms with E-state index in [0.29, 0.717) is 16.7 Å². The van der Waals surface area contributed by atoms with Gasteiger partial charge in [0.15, 0.2) is 5.78 Å². The van der Waals surface area contributed by atoms with E-state index in [4.69, 9.17) is 0 Å². The van der Waals surface area contributed by atoms with Crippen molar-refractivity contribution < 1.29 is 14.4 Å². The van der Waals surface area contributed by atoms with Crippen molar-refractivity contribution in [1.29, 1.82) is 0 Å².